The summed E-state index contributed by atoms with van der Waals surface area (Å²) in [5.74, 6) is 1.03. The third-order valence-electron chi connectivity index (χ3n) is 2.74. The van der Waals surface area contributed by atoms with Gasteiger partial charge in [0.25, 0.3) is 0 Å². The normalized spacial score (nSPS) is 10.9. The Hall–Kier alpha value is -1.72. The molecule has 2 N–H and O–H groups in total. The number of aromatic nitrogens is 1. The number of oxazole rings is 1. The predicted octanol–water partition coefficient (Wildman–Crippen LogP) is 4.40. The van der Waals surface area contributed by atoms with Crippen LogP contribution in [0.5, 0.6) is 5.75 Å². The van der Waals surface area contributed by atoms with Crippen LogP contribution in [0.2, 0.25) is 5.02 Å². The van der Waals surface area contributed by atoms with E-state index >= 15 is 0 Å². The van der Waals surface area contributed by atoms with E-state index < -0.39 is 0 Å². The van der Waals surface area contributed by atoms with Gasteiger partial charge in [0.2, 0.25) is 5.89 Å². The van der Waals surface area contributed by atoms with Gasteiger partial charge in [0.05, 0.1) is 10.7 Å². The fraction of sp³-hybridized carbons (Fsp3) is 0.0714. The fourth-order valence-corrected chi connectivity index (χ4v) is 2.54. The van der Waals surface area contributed by atoms with E-state index in [1.165, 1.54) is 0 Å². The topological polar surface area (TPSA) is 61.3 Å². The number of anilines is 1. The van der Waals surface area contributed by atoms with E-state index in [9.17, 15) is 0 Å². The molecule has 1 aromatic heterocycles. The van der Waals surface area contributed by atoms with Crippen molar-refractivity contribution in [3.63, 3.8) is 0 Å². The molecular weight excluding hydrogens is 344 g/mol. The molecule has 0 saturated heterocycles. The molecule has 0 radical (unpaired) electrons. The Balaban J connectivity index is 1.81. The molecule has 0 spiro atoms. The highest BCUT2D eigenvalue weighted by Gasteiger charge is 2.09. The second-order valence-electron chi connectivity index (χ2n) is 4.17. The molecule has 3 aromatic rings. The van der Waals surface area contributed by atoms with Crippen molar-refractivity contribution >= 4 is 44.3 Å². The molecule has 0 aliphatic heterocycles. The number of nitrogen functional groups attached to an aromatic ring is 1. The molecule has 102 valence electrons. The number of hydrogen-bond donors (Lipinski definition) is 1. The lowest BCUT2D eigenvalue weighted by molar-refractivity contribution is 0.267. The largest absolute Gasteiger partial charge is 0.482 e. The maximum atomic E-state index is 6.07. The number of rotatable bonds is 3. The van der Waals surface area contributed by atoms with Gasteiger partial charge in [-0.3, -0.25) is 0 Å². The van der Waals surface area contributed by atoms with E-state index in [1.54, 1.807) is 18.2 Å². The molecule has 0 atom stereocenters. The van der Waals surface area contributed by atoms with Crippen LogP contribution in [-0.2, 0) is 6.61 Å². The quantitative estimate of drug-likeness (QED) is 0.709. The third kappa shape index (κ3) is 2.59. The van der Waals surface area contributed by atoms with Crippen molar-refractivity contribution in [2.75, 3.05) is 5.73 Å². The van der Waals surface area contributed by atoms with Gasteiger partial charge in [0.1, 0.15) is 11.3 Å². The first-order valence-corrected chi connectivity index (χ1v) is 7.02. The number of nitrogens with two attached hydrogens (primary N) is 1. The number of hydrogen-bond acceptors (Lipinski definition) is 4. The van der Waals surface area contributed by atoms with Crippen molar-refractivity contribution in [1.29, 1.82) is 0 Å². The van der Waals surface area contributed by atoms with Crippen LogP contribution in [0.3, 0.4) is 0 Å². The molecule has 3 rings (SSSR count). The Bertz CT molecular complexity index is 773. The lowest BCUT2D eigenvalue weighted by Gasteiger charge is -2.05. The summed E-state index contributed by atoms with van der Waals surface area (Å²) >= 11 is 9.41. The molecule has 2 aromatic carbocycles. The van der Waals surface area contributed by atoms with Gasteiger partial charge in [-0.25, -0.2) is 4.98 Å². The van der Waals surface area contributed by atoms with Crippen LogP contribution in [0.4, 0.5) is 5.69 Å². The Morgan fingerprint density at radius 2 is 2.15 bits per heavy atom. The van der Waals surface area contributed by atoms with Crippen LogP contribution < -0.4 is 10.5 Å². The van der Waals surface area contributed by atoms with Crippen LogP contribution >= 0.6 is 27.5 Å². The van der Waals surface area contributed by atoms with E-state index in [2.05, 4.69) is 20.9 Å². The molecule has 0 aliphatic carbocycles. The summed E-state index contributed by atoms with van der Waals surface area (Å²) < 4.78 is 12.1. The summed E-state index contributed by atoms with van der Waals surface area (Å²) in [4.78, 5) is 4.31. The van der Waals surface area contributed by atoms with Crippen molar-refractivity contribution in [3.05, 3.63) is 51.8 Å². The van der Waals surface area contributed by atoms with Gasteiger partial charge in [-0.2, -0.15) is 0 Å². The average molecular weight is 354 g/mol. The summed E-state index contributed by atoms with van der Waals surface area (Å²) in [6.07, 6.45) is 0. The maximum Gasteiger partial charge on any atom is 0.233 e. The molecule has 0 aliphatic rings. The number of ether oxygens (including phenoxy) is 1. The van der Waals surface area contributed by atoms with Crippen molar-refractivity contribution in [1.82, 2.24) is 4.98 Å². The van der Waals surface area contributed by atoms with Gasteiger partial charge in [0, 0.05) is 4.47 Å². The Kier molecular flexibility index (Phi) is 3.54. The van der Waals surface area contributed by atoms with Crippen molar-refractivity contribution in [3.8, 4) is 5.75 Å². The minimum Gasteiger partial charge on any atom is -0.482 e. The summed E-state index contributed by atoms with van der Waals surface area (Å²) in [5.41, 5.74) is 7.70. The average Bonchev–Trinajstić information content (AvgIpc) is 2.82. The van der Waals surface area contributed by atoms with Gasteiger partial charge in [-0.05, 0) is 30.3 Å². The highest BCUT2D eigenvalue weighted by Crippen LogP contribution is 2.29. The molecular formula is C14H10BrClN2O2. The Morgan fingerprint density at radius 1 is 1.30 bits per heavy atom. The lowest BCUT2D eigenvalue weighted by atomic mass is 10.3. The van der Waals surface area contributed by atoms with E-state index in [0.29, 0.717) is 33.4 Å². The van der Waals surface area contributed by atoms with Crippen molar-refractivity contribution in [2.45, 2.75) is 6.61 Å². The predicted molar refractivity (Wildman–Crippen MR) is 81.9 cm³/mol. The fourth-order valence-electron chi connectivity index (χ4n) is 1.81. The van der Waals surface area contributed by atoms with Crippen LogP contribution in [0.25, 0.3) is 11.1 Å². The van der Waals surface area contributed by atoms with Gasteiger partial charge in [-0.15, -0.1) is 0 Å². The zero-order valence-electron chi connectivity index (χ0n) is 10.3. The summed E-state index contributed by atoms with van der Waals surface area (Å²) in [5, 5.41) is 0.523. The Labute approximate surface area is 128 Å². The number of fused-ring (bicyclic) bond motifs is 1. The second-order valence-corrected chi connectivity index (χ2v) is 5.49. The van der Waals surface area contributed by atoms with E-state index in [1.807, 2.05) is 18.2 Å². The van der Waals surface area contributed by atoms with Crippen LogP contribution in [0.1, 0.15) is 5.89 Å². The minimum absolute atomic E-state index is 0.190. The highest BCUT2D eigenvalue weighted by atomic mass is 79.9. The van der Waals surface area contributed by atoms with Crippen molar-refractivity contribution in [2.24, 2.45) is 0 Å². The van der Waals surface area contributed by atoms with Gasteiger partial charge in [-0.1, -0.05) is 33.6 Å². The Morgan fingerprint density at radius 3 is 2.90 bits per heavy atom. The highest BCUT2D eigenvalue weighted by molar-refractivity contribution is 9.10. The molecule has 6 heteroatoms. The molecule has 0 amide bonds. The third-order valence-corrected chi connectivity index (χ3v) is 3.53. The number of para-hydroxylation sites is 1. The van der Waals surface area contributed by atoms with Gasteiger partial charge in [0.15, 0.2) is 12.2 Å². The molecule has 1 heterocycles. The smallest absolute Gasteiger partial charge is 0.233 e. The summed E-state index contributed by atoms with van der Waals surface area (Å²) in [7, 11) is 0. The van der Waals surface area contributed by atoms with Gasteiger partial charge >= 0.3 is 0 Å². The first kappa shape index (κ1) is 13.3. The first-order valence-electron chi connectivity index (χ1n) is 5.85. The summed E-state index contributed by atoms with van der Waals surface area (Å²) in [6, 6.07) is 10.8. The molecule has 0 unspecified atom stereocenters. The zero-order chi connectivity index (χ0) is 14.1. The van der Waals surface area contributed by atoms with E-state index in [-0.39, 0.29) is 6.61 Å². The van der Waals surface area contributed by atoms with E-state index in [0.717, 1.165) is 4.47 Å². The molecule has 0 fully saturated rings. The standard InChI is InChI=1S/C14H10BrClN2O2/c15-8-4-5-11(9(16)6-8)19-7-13-18-14-10(17)2-1-3-12(14)20-13/h1-6H,7,17H2. The zero-order valence-corrected chi connectivity index (χ0v) is 12.6. The van der Waals surface area contributed by atoms with Gasteiger partial charge < -0.3 is 14.9 Å². The van der Waals surface area contributed by atoms with Crippen LogP contribution in [0, 0.1) is 0 Å². The number of nitrogens with zero attached hydrogens (tertiary/aromatic N) is 1. The van der Waals surface area contributed by atoms with Crippen LogP contribution in [0.15, 0.2) is 45.3 Å². The second kappa shape index (κ2) is 5.34. The van der Waals surface area contributed by atoms with Crippen molar-refractivity contribution < 1.29 is 9.15 Å². The van der Waals surface area contributed by atoms with Crippen LogP contribution in [-0.4, -0.2) is 4.98 Å². The molecule has 0 saturated carbocycles. The monoisotopic (exact) mass is 352 g/mol. The lowest BCUT2D eigenvalue weighted by Crippen LogP contribution is -1.96. The maximum absolute atomic E-state index is 6.07. The summed E-state index contributed by atoms with van der Waals surface area (Å²) in [6.45, 7) is 0.190. The minimum atomic E-state index is 0.190. The molecule has 4 nitrogen and oxygen atoms in total. The van der Waals surface area contributed by atoms with E-state index in [4.69, 9.17) is 26.5 Å². The molecule has 20 heavy (non-hydrogen) atoms. The first-order chi connectivity index (χ1) is 9.63. The number of halogens is 2. The number of benzene rings is 2. The SMILES string of the molecule is Nc1cccc2oc(COc3ccc(Br)cc3Cl)nc12. The molecule has 0 bridgehead atoms.